The standard InChI is InChI=1S/C6H4BrNO2S/c7-5-2-4-11-6(5)1-3-8(9)10/h1-4H/b3-1+. The van der Waals surface area contributed by atoms with E-state index in [0.29, 0.717) is 0 Å². The molecule has 0 fully saturated rings. The highest BCUT2D eigenvalue weighted by Crippen LogP contribution is 2.23. The van der Waals surface area contributed by atoms with Gasteiger partial charge in [-0.15, -0.1) is 11.3 Å². The molecule has 58 valence electrons. The summed E-state index contributed by atoms with van der Waals surface area (Å²) in [6.07, 6.45) is 2.39. The molecular formula is C6H4BrNO2S. The number of rotatable bonds is 2. The lowest BCUT2D eigenvalue weighted by molar-refractivity contribution is -0.400. The first-order chi connectivity index (χ1) is 5.20. The minimum absolute atomic E-state index is 0.480. The van der Waals surface area contributed by atoms with Crippen LogP contribution in [0, 0.1) is 10.1 Å². The number of hydrogen-bond donors (Lipinski definition) is 0. The van der Waals surface area contributed by atoms with Crippen LogP contribution >= 0.6 is 27.3 Å². The molecule has 0 saturated carbocycles. The first-order valence-electron chi connectivity index (χ1n) is 2.75. The molecule has 1 heterocycles. The first kappa shape index (κ1) is 8.42. The van der Waals surface area contributed by atoms with E-state index in [2.05, 4.69) is 15.9 Å². The van der Waals surface area contributed by atoms with E-state index in [9.17, 15) is 10.1 Å². The lowest BCUT2D eigenvalue weighted by atomic mass is 10.4. The Balaban J connectivity index is 2.79. The molecule has 0 radical (unpaired) electrons. The van der Waals surface area contributed by atoms with E-state index in [1.165, 1.54) is 17.4 Å². The molecule has 0 atom stereocenters. The molecule has 3 nitrogen and oxygen atoms in total. The molecule has 0 aliphatic rings. The number of hydrogen-bond acceptors (Lipinski definition) is 3. The van der Waals surface area contributed by atoms with Crippen LogP contribution in [0.4, 0.5) is 0 Å². The quantitative estimate of drug-likeness (QED) is 0.583. The molecule has 0 N–H and O–H groups in total. The summed E-state index contributed by atoms with van der Waals surface area (Å²) in [6, 6.07) is 1.85. The predicted molar refractivity (Wildman–Crippen MR) is 48.0 cm³/mol. The van der Waals surface area contributed by atoms with E-state index >= 15 is 0 Å². The van der Waals surface area contributed by atoms with E-state index in [-0.39, 0.29) is 0 Å². The molecule has 0 spiro atoms. The highest BCUT2D eigenvalue weighted by molar-refractivity contribution is 9.10. The van der Waals surface area contributed by atoms with E-state index < -0.39 is 4.92 Å². The predicted octanol–water partition coefficient (Wildman–Crippen LogP) is 2.76. The van der Waals surface area contributed by atoms with E-state index in [1.807, 2.05) is 11.4 Å². The molecule has 0 unspecified atom stereocenters. The lowest BCUT2D eigenvalue weighted by Crippen LogP contribution is -1.80. The molecular weight excluding hydrogens is 230 g/mol. The van der Waals surface area contributed by atoms with Crippen molar-refractivity contribution >= 4 is 33.3 Å². The van der Waals surface area contributed by atoms with Gasteiger partial charge in [0.1, 0.15) is 0 Å². The van der Waals surface area contributed by atoms with Gasteiger partial charge in [-0.05, 0) is 27.4 Å². The molecule has 0 saturated heterocycles. The smallest absolute Gasteiger partial charge is 0.235 e. The van der Waals surface area contributed by atoms with Crippen LogP contribution in [0.5, 0.6) is 0 Å². The second-order valence-corrected chi connectivity index (χ2v) is 3.54. The van der Waals surface area contributed by atoms with Gasteiger partial charge < -0.3 is 0 Å². The summed E-state index contributed by atoms with van der Waals surface area (Å²) in [5.41, 5.74) is 0. The van der Waals surface area contributed by atoms with Crippen molar-refractivity contribution in [2.75, 3.05) is 0 Å². The fourth-order valence-corrected chi connectivity index (χ4v) is 1.94. The molecule has 11 heavy (non-hydrogen) atoms. The van der Waals surface area contributed by atoms with Crippen LogP contribution in [0.2, 0.25) is 0 Å². The van der Waals surface area contributed by atoms with Gasteiger partial charge in [-0.25, -0.2) is 0 Å². The summed E-state index contributed by atoms with van der Waals surface area (Å²) < 4.78 is 0.889. The van der Waals surface area contributed by atoms with Gasteiger partial charge >= 0.3 is 0 Å². The van der Waals surface area contributed by atoms with Gasteiger partial charge in [0, 0.05) is 15.4 Å². The van der Waals surface area contributed by atoms with Crippen molar-refractivity contribution in [3.63, 3.8) is 0 Å². The largest absolute Gasteiger partial charge is 0.259 e. The zero-order chi connectivity index (χ0) is 8.27. The summed E-state index contributed by atoms with van der Waals surface area (Å²) in [4.78, 5) is 10.3. The van der Waals surface area contributed by atoms with Crippen LogP contribution in [-0.2, 0) is 0 Å². The molecule has 5 heteroatoms. The fraction of sp³-hybridized carbons (Fsp3) is 0. The summed E-state index contributed by atoms with van der Waals surface area (Å²) >= 11 is 4.71. The maximum absolute atomic E-state index is 9.91. The van der Waals surface area contributed by atoms with E-state index in [0.717, 1.165) is 15.5 Å². The number of thiophene rings is 1. The highest BCUT2D eigenvalue weighted by Gasteiger charge is 1.97. The monoisotopic (exact) mass is 233 g/mol. The zero-order valence-corrected chi connectivity index (χ0v) is 7.76. The molecule has 1 aromatic rings. The average molecular weight is 234 g/mol. The maximum Gasteiger partial charge on any atom is 0.235 e. The summed E-state index contributed by atoms with van der Waals surface area (Å²) in [5, 5.41) is 11.8. The number of halogens is 1. The first-order valence-corrected chi connectivity index (χ1v) is 4.42. The minimum atomic E-state index is -0.480. The Kier molecular flexibility index (Phi) is 2.78. The van der Waals surface area contributed by atoms with Crippen molar-refractivity contribution in [1.82, 2.24) is 0 Å². The lowest BCUT2D eigenvalue weighted by Gasteiger charge is -1.82. The van der Waals surface area contributed by atoms with Crippen molar-refractivity contribution in [3.05, 3.63) is 37.1 Å². The second kappa shape index (κ2) is 3.64. The SMILES string of the molecule is O=[N+]([O-])/C=C/c1sccc1Br. The Bertz CT molecular complexity index is 295. The number of nitro groups is 1. The van der Waals surface area contributed by atoms with E-state index in [4.69, 9.17) is 0 Å². The van der Waals surface area contributed by atoms with Gasteiger partial charge in [0.25, 0.3) is 0 Å². The van der Waals surface area contributed by atoms with Crippen LogP contribution in [0.15, 0.2) is 22.1 Å². The Labute approximate surface area is 75.6 Å². The Morgan fingerprint density at radius 2 is 2.45 bits per heavy atom. The van der Waals surface area contributed by atoms with Gasteiger partial charge in [0.05, 0.1) is 4.92 Å². The van der Waals surface area contributed by atoms with Crippen molar-refractivity contribution in [2.45, 2.75) is 0 Å². The number of nitrogens with zero attached hydrogens (tertiary/aromatic N) is 1. The third-order valence-electron chi connectivity index (χ3n) is 0.992. The molecule has 0 aromatic carbocycles. The van der Waals surface area contributed by atoms with Crippen LogP contribution in [0.25, 0.3) is 6.08 Å². The van der Waals surface area contributed by atoms with Crippen LogP contribution < -0.4 is 0 Å². The Morgan fingerprint density at radius 1 is 1.73 bits per heavy atom. The van der Waals surface area contributed by atoms with Crippen molar-refractivity contribution in [2.24, 2.45) is 0 Å². The minimum Gasteiger partial charge on any atom is -0.259 e. The molecule has 1 rings (SSSR count). The topological polar surface area (TPSA) is 43.1 Å². The second-order valence-electron chi connectivity index (χ2n) is 1.73. The summed E-state index contributed by atoms with van der Waals surface area (Å²) in [7, 11) is 0. The van der Waals surface area contributed by atoms with Crippen molar-refractivity contribution in [3.8, 4) is 0 Å². The third kappa shape index (κ3) is 2.44. The fourth-order valence-electron chi connectivity index (χ4n) is 0.553. The molecule has 0 aliphatic carbocycles. The Morgan fingerprint density at radius 3 is 2.91 bits per heavy atom. The van der Waals surface area contributed by atoms with Gasteiger partial charge in [-0.3, -0.25) is 10.1 Å². The summed E-state index contributed by atoms with van der Waals surface area (Å²) in [6.45, 7) is 0. The average Bonchev–Trinajstić information content (AvgIpc) is 2.31. The molecule has 1 aromatic heterocycles. The third-order valence-corrected chi connectivity index (χ3v) is 2.83. The van der Waals surface area contributed by atoms with Crippen LogP contribution in [0.3, 0.4) is 0 Å². The van der Waals surface area contributed by atoms with Gasteiger partial charge in [-0.2, -0.15) is 0 Å². The maximum atomic E-state index is 9.91. The van der Waals surface area contributed by atoms with Gasteiger partial charge in [0.2, 0.25) is 6.20 Å². The van der Waals surface area contributed by atoms with Crippen molar-refractivity contribution < 1.29 is 4.92 Å². The molecule has 0 aliphatic heterocycles. The van der Waals surface area contributed by atoms with Gasteiger partial charge in [-0.1, -0.05) is 0 Å². The Hall–Kier alpha value is -0.680. The molecule has 0 bridgehead atoms. The molecule has 0 amide bonds. The van der Waals surface area contributed by atoms with Crippen molar-refractivity contribution in [1.29, 1.82) is 0 Å². The van der Waals surface area contributed by atoms with Gasteiger partial charge in [0.15, 0.2) is 0 Å². The van der Waals surface area contributed by atoms with E-state index in [1.54, 1.807) is 0 Å². The highest BCUT2D eigenvalue weighted by atomic mass is 79.9. The van der Waals surface area contributed by atoms with Crippen LogP contribution in [0.1, 0.15) is 4.88 Å². The van der Waals surface area contributed by atoms with Crippen LogP contribution in [-0.4, -0.2) is 4.92 Å². The normalized spacial score (nSPS) is 10.6. The zero-order valence-electron chi connectivity index (χ0n) is 5.36. The summed E-state index contributed by atoms with van der Waals surface area (Å²) in [5.74, 6) is 0.